The molecule has 0 unspecified atom stereocenters. The maximum atomic E-state index is 10.6. The van der Waals surface area contributed by atoms with Crippen molar-refractivity contribution >= 4 is 17.6 Å². The van der Waals surface area contributed by atoms with Gasteiger partial charge in [-0.25, -0.2) is 0 Å². The first-order valence-corrected chi connectivity index (χ1v) is 7.04. The average molecular weight is 280 g/mol. The molecule has 3 aromatic rings. The maximum absolute atomic E-state index is 10.6. The number of benzene rings is 2. The van der Waals surface area contributed by atoms with Crippen molar-refractivity contribution in [3.05, 3.63) is 59.7 Å². The SMILES string of the molecule is Cc1ccc(-c2nnc(-c3ccc(C=O)cc3)s2)cc1. The Balaban J connectivity index is 1.92. The molecule has 2 aromatic carbocycles. The number of aromatic nitrogens is 2. The van der Waals surface area contributed by atoms with Gasteiger partial charge in [0.15, 0.2) is 0 Å². The molecule has 0 fully saturated rings. The summed E-state index contributed by atoms with van der Waals surface area (Å²) in [5.74, 6) is 0. The predicted octanol–water partition coefficient (Wildman–Crippen LogP) is 3.99. The first-order chi connectivity index (χ1) is 9.76. The van der Waals surface area contributed by atoms with Crippen LogP contribution in [0, 0.1) is 6.92 Å². The first-order valence-electron chi connectivity index (χ1n) is 6.22. The van der Waals surface area contributed by atoms with E-state index in [9.17, 15) is 4.79 Å². The van der Waals surface area contributed by atoms with Crippen LogP contribution in [0.1, 0.15) is 15.9 Å². The van der Waals surface area contributed by atoms with Crippen molar-refractivity contribution in [3.8, 4) is 21.1 Å². The third-order valence-corrected chi connectivity index (χ3v) is 4.04. The molecule has 0 bridgehead atoms. The highest BCUT2D eigenvalue weighted by molar-refractivity contribution is 7.17. The van der Waals surface area contributed by atoms with Crippen LogP contribution in [0.15, 0.2) is 48.5 Å². The molecule has 0 aliphatic rings. The summed E-state index contributed by atoms with van der Waals surface area (Å²) >= 11 is 1.55. The Kier molecular flexibility index (Phi) is 3.39. The van der Waals surface area contributed by atoms with Gasteiger partial charge in [-0.1, -0.05) is 65.4 Å². The van der Waals surface area contributed by atoms with E-state index < -0.39 is 0 Å². The third-order valence-electron chi connectivity index (χ3n) is 3.02. The van der Waals surface area contributed by atoms with E-state index in [2.05, 4.69) is 41.4 Å². The molecule has 0 aliphatic heterocycles. The average Bonchev–Trinajstić information content (AvgIpc) is 2.98. The zero-order valence-corrected chi connectivity index (χ0v) is 11.7. The normalized spacial score (nSPS) is 10.4. The van der Waals surface area contributed by atoms with Crippen LogP contribution < -0.4 is 0 Å². The smallest absolute Gasteiger partial charge is 0.150 e. The molecule has 1 heterocycles. The van der Waals surface area contributed by atoms with E-state index in [1.807, 2.05) is 12.1 Å². The number of hydrogen-bond donors (Lipinski definition) is 0. The second-order valence-electron chi connectivity index (χ2n) is 4.52. The van der Waals surface area contributed by atoms with E-state index in [-0.39, 0.29) is 0 Å². The van der Waals surface area contributed by atoms with Crippen molar-refractivity contribution in [2.24, 2.45) is 0 Å². The van der Waals surface area contributed by atoms with Crippen LogP contribution in [-0.4, -0.2) is 16.5 Å². The lowest BCUT2D eigenvalue weighted by atomic mass is 10.2. The lowest BCUT2D eigenvalue weighted by Crippen LogP contribution is -1.80. The molecule has 3 nitrogen and oxygen atoms in total. The van der Waals surface area contributed by atoms with Crippen LogP contribution in [0.4, 0.5) is 0 Å². The van der Waals surface area contributed by atoms with Gasteiger partial charge in [0.25, 0.3) is 0 Å². The van der Waals surface area contributed by atoms with E-state index in [4.69, 9.17) is 0 Å². The van der Waals surface area contributed by atoms with Gasteiger partial charge < -0.3 is 0 Å². The Labute approximate surface area is 120 Å². The molecular weight excluding hydrogens is 268 g/mol. The van der Waals surface area contributed by atoms with Crippen molar-refractivity contribution in [1.82, 2.24) is 10.2 Å². The van der Waals surface area contributed by atoms with Crippen LogP contribution in [0.2, 0.25) is 0 Å². The Morgan fingerprint density at radius 1 is 0.850 bits per heavy atom. The fourth-order valence-electron chi connectivity index (χ4n) is 1.86. The molecule has 1 aromatic heterocycles. The van der Waals surface area contributed by atoms with Crippen LogP contribution in [0.5, 0.6) is 0 Å². The van der Waals surface area contributed by atoms with Gasteiger partial charge in [-0.3, -0.25) is 4.79 Å². The van der Waals surface area contributed by atoms with Crippen LogP contribution >= 0.6 is 11.3 Å². The summed E-state index contributed by atoms with van der Waals surface area (Å²) in [7, 11) is 0. The van der Waals surface area contributed by atoms with Gasteiger partial charge in [-0.15, -0.1) is 10.2 Å². The van der Waals surface area contributed by atoms with Crippen molar-refractivity contribution < 1.29 is 4.79 Å². The topological polar surface area (TPSA) is 42.9 Å². The highest BCUT2D eigenvalue weighted by Gasteiger charge is 2.08. The Bertz CT molecular complexity index is 730. The molecule has 0 atom stereocenters. The lowest BCUT2D eigenvalue weighted by molar-refractivity contribution is 0.112. The summed E-state index contributed by atoms with van der Waals surface area (Å²) in [5.41, 5.74) is 3.94. The summed E-state index contributed by atoms with van der Waals surface area (Å²) in [6.45, 7) is 2.06. The van der Waals surface area contributed by atoms with Gasteiger partial charge in [0, 0.05) is 16.7 Å². The van der Waals surface area contributed by atoms with Crippen molar-refractivity contribution in [3.63, 3.8) is 0 Å². The predicted molar refractivity (Wildman–Crippen MR) is 80.9 cm³/mol. The standard InChI is InChI=1S/C16H12N2OS/c1-11-2-6-13(7-3-11)15-17-18-16(20-15)14-8-4-12(10-19)5-9-14/h2-10H,1H3. The second kappa shape index (κ2) is 5.35. The van der Waals surface area contributed by atoms with Crippen molar-refractivity contribution in [2.75, 3.05) is 0 Å². The van der Waals surface area contributed by atoms with Gasteiger partial charge in [-0.2, -0.15) is 0 Å². The minimum Gasteiger partial charge on any atom is -0.298 e. The van der Waals surface area contributed by atoms with Crippen molar-refractivity contribution in [2.45, 2.75) is 6.92 Å². The van der Waals surface area contributed by atoms with Gasteiger partial charge in [0.2, 0.25) is 0 Å². The minimum absolute atomic E-state index is 0.664. The van der Waals surface area contributed by atoms with Crippen LogP contribution in [0.3, 0.4) is 0 Å². The zero-order chi connectivity index (χ0) is 13.9. The van der Waals surface area contributed by atoms with Gasteiger partial charge in [-0.05, 0) is 6.92 Å². The molecule has 0 saturated heterocycles. The highest BCUT2D eigenvalue weighted by atomic mass is 32.1. The number of carbonyl (C=O) groups is 1. The molecule has 98 valence electrons. The molecule has 0 N–H and O–H groups in total. The first kappa shape index (κ1) is 12.7. The molecule has 0 radical (unpaired) electrons. The van der Waals surface area contributed by atoms with Gasteiger partial charge >= 0.3 is 0 Å². The van der Waals surface area contributed by atoms with Gasteiger partial charge in [0.1, 0.15) is 16.3 Å². The molecule has 0 aliphatic carbocycles. The quantitative estimate of drug-likeness (QED) is 0.681. The molecule has 3 rings (SSSR count). The van der Waals surface area contributed by atoms with E-state index in [1.165, 1.54) is 5.56 Å². The van der Waals surface area contributed by atoms with E-state index >= 15 is 0 Å². The Morgan fingerprint density at radius 2 is 1.35 bits per heavy atom. The molecular formula is C16H12N2OS. The maximum Gasteiger partial charge on any atom is 0.150 e. The van der Waals surface area contributed by atoms with E-state index in [0.29, 0.717) is 5.56 Å². The number of hydrogen-bond acceptors (Lipinski definition) is 4. The molecule has 20 heavy (non-hydrogen) atoms. The monoisotopic (exact) mass is 280 g/mol. The Hall–Kier alpha value is -2.33. The van der Waals surface area contributed by atoms with Crippen LogP contribution in [-0.2, 0) is 0 Å². The number of carbonyl (C=O) groups excluding carboxylic acids is 1. The summed E-state index contributed by atoms with van der Waals surface area (Å²) in [6.07, 6.45) is 0.835. The number of nitrogens with zero attached hydrogens (tertiary/aromatic N) is 2. The largest absolute Gasteiger partial charge is 0.298 e. The van der Waals surface area contributed by atoms with Crippen LogP contribution in [0.25, 0.3) is 21.1 Å². The molecule has 0 spiro atoms. The van der Waals surface area contributed by atoms with E-state index in [0.717, 1.165) is 27.4 Å². The summed E-state index contributed by atoms with van der Waals surface area (Å²) in [4.78, 5) is 10.6. The molecule has 0 amide bonds. The fraction of sp³-hybridized carbons (Fsp3) is 0.0625. The summed E-state index contributed by atoms with van der Waals surface area (Å²) < 4.78 is 0. The highest BCUT2D eigenvalue weighted by Crippen LogP contribution is 2.29. The third kappa shape index (κ3) is 2.51. The second-order valence-corrected chi connectivity index (χ2v) is 5.50. The minimum atomic E-state index is 0.664. The number of rotatable bonds is 3. The lowest BCUT2D eigenvalue weighted by Gasteiger charge is -1.96. The van der Waals surface area contributed by atoms with Crippen molar-refractivity contribution in [1.29, 1.82) is 0 Å². The summed E-state index contributed by atoms with van der Waals surface area (Å²) in [6, 6.07) is 15.6. The zero-order valence-electron chi connectivity index (χ0n) is 10.9. The van der Waals surface area contributed by atoms with E-state index in [1.54, 1.807) is 23.5 Å². The molecule has 4 heteroatoms. The van der Waals surface area contributed by atoms with Gasteiger partial charge in [0.05, 0.1) is 0 Å². The fourth-order valence-corrected chi connectivity index (χ4v) is 2.71. The molecule has 0 saturated carbocycles. The summed E-state index contributed by atoms with van der Waals surface area (Å²) in [5, 5.41) is 10.2. The Morgan fingerprint density at radius 3 is 1.85 bits per heavy atom. The number of aryl methyl sites for hydroxylation is 1. The number of aldehydes is 1.